The molecule has 0 radical (unpaired) electrons. The van der Waals surface area contributed by atoms with Crippen molar-refractivity contribution in [2.24, 2.45) is 14.1 Å². The zero-order chi connectivity index (χ0) is 14.2. The summed E-state index contributed by atoms with van der Waals surface area (Å²) in [6, 6.07) is 5.28. The van der Waals surface area contributed by atoms with Crippen LogP contribution in [0.25, 0.3) is 5.82 Å². The third-order valence-corrected chi connectivity index (χ3v) is 3.09. The quantitative estimate of drug-likeness (QED) is 0.395. The van der Waals surface area contributed by atoms with Gasteiger partial charge in [0, 0.05) is 39.0 Å². The number of anilines is 1. The van der Waals surface area contributed by atoms with Gasteiger partial charge in [0.15, 0.2) is 0 Å². The van der Waals surface area contributed by atoms with Crippen molar-refractivity contribution in [3.05, 3.63) is 51.4 Å². The molecule has 20 heavy (non-hydrogen) atoms. The lowest BCUT2D eigenvalue weighted by molar-refractivity contribution is -0.601. The van der Waals surface area contributed by atoms with Crippen molar-refractivity contribution in [3.8, 4) is 5.82 Å². The maximum atomic E-state index is 11.9. The molecule has 7 heteroatoms. The molecule has 2 heterocycles. The van der Waals surface area contributed by atoms with Crippen molar-refractivity contribution >= 4 is 5.69 Å². The molecule has 2 aromatic heterocycles. The van der Waals surface area contributed by atoms with E-state index < -0.39 is 0 Å². The van der Waals surface area contributed by atoms with E-state index in [1.807, 2.05) is 43.5 Å². The lowest BCUT2D eigenvalue weighted by Crippen LogP contribution is -3.00. The molecule has 0 saturated heterocycles. The van der Waals surface area contributed by atoms with Gasteiger partial charge < -0.3 is 28.9 Å². The van der Waals surface area contributed by atoms with Gasteiger partial charge in [0.2, 0.25) is 0 Å². The monoisotopic (exact) mass is 388 g/mol. The second-order valence-corrected chi connectivity index (χ2v) is 4.60. The molecule has 0 aliphatic heterocycles. The highest BCUT2D eigenvalue weighted by molar-refractivity contribution is 5.41. The normalized spacial score (nSPS) is 10.0. The van der Waals surface area contributed by atoms with Gasteiger partial charge in [0.1, 0.15) is 0 Å². The summed E-state index contributed by atoms with van der Waals surface area (Å²) in [5.41, 5.74) is 0.388. The zero-order valence-electron chi connectivity index (χ0n) is 11.9. The molecular weight excluding hydrogens is 371 g/mol. The molecule has 2 rings (SSSR count). The molecule has 0 aromatic carbocycles. The highest BCUT2D eigenvalue weighted by Crippen LogP contribution is 2.06. The van der Waals surface area contributed by atoms with Crippen LogP contribution in [0.3, 0.4) is 0 Å². The molecule has 2 aromatic rings. The molecule has 108 valence electrons. The number of hydrogen-bond acceptors (Lipinski definition) is 3. The van der Waals surface area contributed by atoms with Gasteiger partial charge in [-0.25, -0.2) is 13.9 Å². The second kappa shape index (κ2) is 6.21. The van der Waals surface area contributed by atoms with Crippen LogP contribution in [0.5, 0.6) is 0 Å². The number of hydrogen-bond donors (Lipinski definition) is 0. The Bertz CT molecular complexity index is 717. The number of aromatic nitrogens is 3. The van der Waals surface area contributed by atoms with E-state index in [9.17, 15) is 9.59 Å². The molecular formula is C13H17IN4O2. The van der Waals surface area contributed by atoms with Gasteiger partial charge in [0.05, 0.1) is 25.5 Å². The van der Waals surface area contributed by atoms with Gasteiger partial charge >= 0.3 is 5.69 Å². The summed E-state index contributed by atoms with van der Waals surface area (Å²) in [6.07, 6.45) is 3.65. The van der Waals surface area contributed by atoms with E-state index in [1.165, 1.54) is 17.7 Å². The van der Waals surface area contributed by atoms with Gasteiger partial charge in [-0.15, -0.1) is 0 Å². The first kappa shape index (κ1) is 16.4. The summed E-state index contributed by atoms with van der Waals surface area (Å²) in [7, 11) is 7.01. The van der Waals surface area contributed by atoms with E-state index in [2.05, 4.69) is 0 Å². The molecule has 0 fully saturated rings. The molecule has 0 N–H and O–H groups in total. The first-order valence-electron chi connectivity index (χ1n) is 5.88. The van der Waals surface area contributed by atoms with Crippen LogP contribution in [0, 0.1) is 0 Å². The van der Waals surface area contributed by atoms with Crippen LogP contribution in [-0.4, -0.2) is 23.2 Å². The topological polar surface area (TPSA) is 51.1 Å². The fraction of sp³-hybridized carbons (Fsp3) is 0.308. The molecule has 0 aliphatic carbocycles. The van der Waals surface area contributed by atoms with Crippen molar-refractivity contribution in [3.63, 3.8) is 0 Å². The smallest absolute Gasteiger partial charge is 0.417 e. The van der Waals surface area contributed by atoms with E-state index in [4.69, 9.17) is 0 Å². The van der Waals surface area contributed by atoms with E-state index in [-0.39, 0.29) is 35.2 Å². The van der Waals surface area contributed by atoms with E-state index in [1.54, 1.807) is 11.6 Å². The third-order valence-electron chi connectivity index (χ3n) is 3.09. The van der Waals surface area contributed by atoms with Crippen LogP contribution in [0.15, 0.2) is 40.2 Å². The van der Waals surface area contributed by atoms with Crippen LogP contribution < -0.4 is 44.7 Å². The minimum Gasteiger partial charge on any atom is -1.00 e. The summed E-state index contributed by atoms with van der Waals surface area (Å²) in [6.45, 7) is 0. The van der Waals surface area contributed by atoms with E-state index >= 15 is 0 Å². The average molecular weight is 388 g/mol. The lowest BCUT2D eigenvalue weighted by Gasteiger charge is -2.11. The van der Waals surface area contributed by atoms with Gasteiger partial charge in [-0.3, -0.25) is 4.79 Å². The first-order valence-corrected chi connectivity index (χ1v) is 5.88. The fourth-order valence-corrected chi connectivity index (χ4v) is 1.84. The SMILES string of the molecule is CN(C)c1cc[n+](-c2cc(=O)n(C)c(=O)n2C)cc1.[I-]. The summed E-state index contributed by atoms with van der Waals surface area (Å²) in [4.78, 5) is 25.5. The number of pyridine rings is 1. The average Bonchev–Trinajstić information content (AvgIpc) is 2.40. The van der Waals surface area contributed by atoms with Gasteiger partial charge in [-0.05, 0) is 0 Å². The minimum absolute atomic E-state index is 0. The van der Waals surface area contributed by atoms with Gasteiger partial charge in [-0.1, -0.05) is 0 Å². The number of rotatable bonds is 2. The van der Waals surface area contributed by atoms with E-state index in [0.29, 0.717) is 5.82 Å². The Morgan fingerprint density at radius 3 is 2.10 bits per heavy atom. The van der Waals surface area contributed by atoms with Crippen molar-refractivity contribution < 1.29 is 28.5 Å². The van der Waals surface area contributed by atoms with E-state index in [0.717, 1.165) is 10.3 Å². The van der Waals surface area contributed by atoms with Gasteiger partial charge in [0.25, 0.3) is 11.4 Å². The Labute approximate surface area is 133 Å². The van der Waals surface area contributed by atoms with Crippen molar-refractivity contribution in [1.82, 2.24) is 9.13 Å². The molecule has 0 unspecified atom stereocenters. The van der Waals surface area contributed by atoms with Crippen LogP contribution in [0.1, 0.15) is 0 Å². The highest BCUT2D eigenvalue weighted by Gasteiger charge is 2.15. The molecule has 0 amide bonds. The maximum absolute atomic E-state index is 11.9. The Morgan fingerprint density at radius 1 is 1.05 bits per heavy atom. The number of halogens is 1. The molecule has 0 aliphatic rings. The molecule has 0 spiro atoms. The summed E-state index contributed by atoms with van der Waals surface area (Å²) in [5.74, 6) is 0.540. The van der Waals surface area contributed by atoms with Crippen molar-refractivity contribution in [2.45, 2.75) is 0 Å². The fourth-order valence-electron chi connectivity index (χ4n) is 1.84. The summed E-state index contributed by atoms with van der Waals surface area (Å²) >= 11 is 0. The summed E-state index contributed by atoms with van der Waals surface area (Å²) in [5, 5.41) is 0. The Balaban J connectivity index is 0.00000200. The van der Waals surface area contributed by atoms with Crippen molar-refractivity contribution in [1.29, 1.82) is 0 Å². The molecule has 0 atom stereocenters. The minimum atomic E-state index is -0.341. The lowest BCUT2D eigenvalue weighted by atomic mass is 10.3. The Morgan fingerprint density at radius 2 is 1.60 bits per heavy atom. The molecule has 0 saturated carbocycles. The number of nitrogens with zero attached hydrogens (tertiary/aromatic N) is 4. The predicted molar refractivity (Wildman–Crippen MR) is 72.8 cm³/mol. The van der Waals surface area contributed by atoms with Crippen molar-refractivity contribution in [2.75, 3.05) is 19.0 Å². The van der Waals surface area contributed by atoms with Gasteiger partial charge in [-0.2, -0.15) is 4.57 Å². The first-order chi connectivity index (χ1) is 8.91. The molecule has 6 nitrogen and oxygen atoms in total. The summed E-state index contributed by atoms with van der Waals surface area (Å²) < 4.78 is 4.27. The molecule has 0 bridgehead atoms. The highest BCUT2D eigenvalue weighted by atomic mass is 127. The Kier molecular flexibility index (Phi) is 5.09. The standard InChI is InChI=1S/C13H17N4O2.HI/c1-14(2)10-5-7-17(8-6-10)11-9-12(18)16(4)13(19)15(11)3;/h5-9H,1-4H3;1H/q+1;/p-1. The largest absolute Gasteiger partial charge is 1.00 e. The second-order valence-electron chi connectivity index (χ2n) is 4.60. The maximum Gasteiger partial charge on any atom is 0.417 e. The van der Waals surface area contributed by atoms with Crippen LogP contribution in [-0.2, 0) is 14.1 Å². The van der Waals surface area contributed by atoms with Crippen LogP contribution >= 0.6 is 0 Å². The predicted octanol–water partition coefficient (Wildman–Crippen LogP) is -3.57. The van der Waals surface area contributed by atoms with Crippen LogP contribution in [0.4, 0.5) is 5.69 Å². The third kappa shape index (κ3) is 2.92. The van der Waals surface area contributed by atoms with Crippen LogP contribution in [0.2, 0.25) is 0 Å². The zero-order valence-corrected chi connectivity index (χ0v) is 14.0. The Hall–Kier alpha value is -1.64.